The van der Waals surface area contributed by atoms with Crippen molar-refractivity contribution >= 4 is 44.4 Å². The molecular weight excluding hydrogens is 462 g/mol. The first-order valence-electron chi connectivity index (χ1n) is 9.12. The minimum absolute atomic E-state index is 0.0361. The van der Waals surface area contributed by atoms with Crippen LogP contribution in [0.3, 0.4) is 0 Å². The number of nitrogens with one attached hydrogen (secondary N) is 1. The van der Waals surface area contributed by atoms with Crippen LogP contribution >= 0.6 is 11.6 Å². The zero-order chi connectivity index (χ0) is 23.0. The number of halogens is 3. The van der Waals surface area contributed by atoms with Gasteiger partial charge >= 0.3 is 0 Å². The molecule has 0 atom stereocenters. The summed E-state index contributed by atoms with van der Waals surface area (Å²) >= 11 is 5.98. The lowest BCUT2D eigenvalue weighted by molar-refractivity contribution is 0.153. The number of anilines is 2. The Balaban J connectivity index is 1.74. The number of pyridine rings is 2. The second kappa shape index (κ2) is 8.24. The van der Waals surface area contributed by atoms with Gasteiger partial charge in [0, 0.05) is 16.8 Å². The highest BCUT2D eigenvalue weighted by Gasteiger charge is 2.20. The maximum atomic E-state index is 13.6. The van der Waals surface area contributed by atoms with E-state index in [0.717, 1.165) is 0 Å². The van der Waals surface area contributed by atoms with Crippen LogP contribution in [-0.4, -0.2) is 28.4 Å². The number of sulfonamides is 1. The van der Waals surface area contributed by atoms with Crippen LogP contribution in [0.5, 0.6) is 0 Å². The highest BCUT2D eigenvalue weighted by molar-refractivity contribution is 7.92. The molecule has 0 aliphatic rings. The van der Waals surface area contributed by atoms with E-state index in [0.29, 0.717) is 11.3 Å². The van der Waals surface area contributed by atoms with Gasteiger partial charge in [-0.3, -0.25) is 4.72 Å². The number of benzene rings is 1. The average molecular weight is 477 g/mol. The maximum absolute atomic E-state index is 13.6. The fourth-order valence-corrected chi connectivity index (χ4v) is 4.63. The lowest BCUT2D eigenvalue weighted by Gasteiger charge is -2.12. The van der Waals surface area contributed by atoms with Gasteiger partial charge in [0.1, 0.15) is 21.7 Å². The summed E-state index contributed by atoms with van der Waals surface area (Å²) in [7, 11) is -3.98. The quantitative estimate of drug-likeness (QED) is 0.438. The van der Waals surface area contributed by atoms with Crippen molar-refractivity contribution in [2.75, 3.05) is 10.5 Å². The van der Waals surface area contributed by atoms with Gasteiger partial charge in [0.15, 0.2) is 0 Å². The first-order valence-corrected chi connectivity index (χ1v) is 11.0. The predicted molar refractivity (Wildman–Crippen MR) is 117 cm³/mol. The summed E-state index contributed by atoms with van der Waals surface area (Å²) in [5.74, 6) is -0.0981. The highest BCUT2D eigenvalue weighted by atomic mass is 35.5. The normalized spacial score (nSPS) is 11.8. The van der Waals surface area contributed by atoms with Gasteiger partial charge < -0.3 is 5.73 Å². The lowest BCUT2D eigenvalue weighted by Crippen LogP contribution is -2.14. The van der Waals surface area contributed by atoms with Crippen LogP contribution < -0.4 is 10.5 Å². The Morgan fingerprint density at radius 3 is 2.53 bits per heavy atom. The molecule has 3 heterocycles. The van der Waals surface area contributed by atoms with E-state index in [-0.39, 0.29) is 44.0 Å². The van der Waals surface area contributed by atoms with E-state index in [1.807, 2.05) is 0 Å². The summed E-state index contributed by atoms with van der Waals surface area (Å²) in [6, 6.07) is 10.1. The van der Waals surface area contributed by atoms with Crippen LogP contribution in [0.4, 0.5) is 20.5 Å². The minimum atomic E-state index is -3.98. The number of nitrogens with zero attached hydrogens (tertiary/aromatic N) is 4. The minimum Gasteiger partial charge on any atom is -0.368 e. The molecule has 3 N–H and O–H groups in total. The lowest BCUT2D eigenvalue weighted by atomic mass is 10.1. The molecule has 0 saturated carbocycles. The molecule has 164 valence electrons. The van der Waals surface area contributed by atoms with Crippen LogP contribution in [0.1, 0.15) is 17.7 Å². The van der Waals surface area contributed by atoms with Crippen molar-refractivity contribution in [2.45, 2.75) is 18.2 Å². The van der Waals surface area contributed by atoms with E-state index in [1.54, 1.807) is 19.1 Å². The van der Waals surface area contributed by atoms with E-state index in [1.165, 1.54) is 36.5 Å². The Labute approximate surface area is 186 Å². The third-order valence-corrected chi connectivity index (χ3v) is 6.41. The topological polar surface area (TPSA) is 124 Å². The first kappa shape index (κ1) is 21.8. The number of hydrogen-bond acceptors (Lipinski definition) is 7. The zero-order valence-corrected chi connectivity index (χ0v) is 18.0. The fraction of sp³-hybridized carbons (Fsp3) is 0.100. The van der Waals surface area contributed by atoms with Gasteiger partial charge in [-0.2, -0.15) is 0 Å². The van der Waals surface area contributed by atoms with Crippen molar-refractivity contribution < 1.29 is 17.2 Å². The van der Waals surface area contributed by atoms with Crippen molar-refractivity contribution in [1.82, 2.24) is 19.9 Å². The van der Waals surface area contributed by atoms with Gasteiger partial charge in [-0.25, -0.2) is 37.1 Å². The van der Waals surface area contributed by atoms with E-state index in [2.05, 4.69) is 24.7 Å². The molecule has 4 rings (SSSR count). The fourth-order valence-electron chi connectivity index (χ4n) is 3.11. The maximum Gasteiger partial charge on any atom is 0.266 e. The number of nitrogen functional groups attached to an aromatic ring is 1. The van der Waals surface area contributed by atoms with E-state index >= 15 is 0 Å². The van der Waals surface area contributed by atoms with Crippen LogP contribution in [-0.2, 0) is 10.0 Å². The molecule has 4 aromatic rings. The Morgan fingerprint density at radius 2 is 1.84 bits per heavy atom. The van der Waals surface area contributed by atoms with Gasteiger partial charge in [0.05, 0.1) is 16.9 Å². The Morgan fingerprint density at radius 1 is 1.09 bits per heavy atom. The molecule has 0 aliphatic carbocycles. The van der Waals surface area contributed by atoms with Crippen molar-refractivity contribution in [3.05, 3.63) is 64.9 Å². The summed E-state index contributed by atoms with van der Waals surface area (Å²) in [6.07, 6.45) is -1.55. The summed E-state index contributed by atoms with van der Waals surface area (Å²) in [6.45, 7) is 1.61. The SMILES string of the molecule is Cc1nc(NS(=O)(=O)c2ccccc2Cl)ccc1-c1cc(C(F)F)c2nc(N)ncc2n1. The highest BCUT2D eigenvalue weighted by Crippen LogP contribution is 2.32. The van der Waals surface area contributed by atoms with Gasteiger partial charge in [-0.15, -0.1) is 0 Å². The second-order valence-electron chi connectivity index (χ2n) is 6.72. The first-order chi connectivity index (χ1) is 15.2. The standard InChI is InChI=1S/C20H15ClF2N6O2S/c1-10-11(14-8-12(19(22)23)18-15(27-14)9-25-20(24)28-18)6-7-17(26-10)29-32(30,31)16-5-3-2-4-13(16)21/h2-9,19H,1H3,(H,26,29)(H2,24,25,28). The van der Waals surface area contributed by atoms with Crippen molar-refractivity contribution in [3.8, 4) is 11.3 Å². The Bertz CT molecular complexity index is 1450. The van der Waals surface area contributed by atoms with Crippen LogP contribution in [0.25, 0.3) is 22.3 Å². The largest absolute Gasteiger partial charge is 0.368 e. The van der Waals surface area contributed by atoms with Crippen LogP contribution in [0.2, 0.25) is 5.02 Å². The molecule has 0 spiro atoms. The predicted octanol–water partition coefficient (Wildman–Crippen LogP) is 4.37. The van der Waals surface area contributed by atoms with E-state index in [4.69, 9.17) is 17.3 Å². The number of aryl methyl sites for hydroxylation is 1. The van der Waals surface area contributed by atoms with E-state index in [9.17, 15) is 17.2 Å². The third-order valence-electron chi connectivity index (χ3n) is 4.56. The Kier molecular flexibility index (Phi) is 5.61. The van der Waals surface area contributed by atoms with E-state index < -0.39 is 16.4 Å². The van der Waals surface area contributed by atoms with Gasteiger partial charge in [-0.1, -0.05) is 23.7 Å². The molecule has 0 aliphatic heterocycles. The van der Waals surface area contributed by atoms with Crippen LogP contribution in [0.15, 0.2) is 53.6 Å². The summed E-state index contributed by atoms with van der Waals surface area (Å²) in [5, 5.41) is 0.0658. The third kappa shape index (κ3) is 4.16. The van der Waals surface area contributed by atoms with Gasteiger partial charge in [0.2, 0.25) is 5.95 Å². The number of alkyl halides is 2. The zero-order valence-electron chi connectivity index (χ0n) is 16.4. The van der Waals surface area contributed by atoms with Gasteiger partial charge in [0.25, 0.3) is 16.4 Å². The molecule has 0 unspecified atom stereocenters. The number of fused-ring (bicyclic) bond motifs is 1. The smallest absolute Gasteiger partial charge is 0.266 e. The number of hydrogen-bond donors (Lipinski definition) is 2. The molecule has 3 aromatic heterocycles. The molecular formula is C20H15ClF2N6O2S. The molecule has 12 heteroatoms. The Hall–Kier alpha value is -3.44. The number of aromatic nitrogens is 4. The molecule has 32 heavy (non-hydrogen) atoms. The molecule has 1 aromatic carbocycles. The molecule has 0 amide bonds. The summed E-state index contributed by atoms with van der Waals surface area (Å²) in [5.41, 5.74) is 6.30. The summed E-state index contributed by atoms with van der Waals surface area (Å²) < 4.78 is 54.9. The molecule has 0 saturated heterocycles. The van der Waals surface area contributed by atoms with Crippen molar-refractivity contribution in [2.24, 2.45) is 0 Å². The number of rotatable bonds is 5. The molecule has 0 fully saturated rings. The number of nitrogens with two attached hydrogens (primary N) is 1. The summed E-state index contributed by atoms with van der Waals surface area (Å²) in [4.78, 5) is 16.2. The van der Waals surface area contributed by atoms with Gasteiger partial charge in [-0.05, 0) is 37.3 Å². The average Bonchev–Trinajstić information content (AvgIpc) is 2.73. The second-order valence-corrected chi connectivity index (χ2v) is 8.78. The monoisotopic (exact) mass is 476 g/mol. The van der Waals surface area contributed by atoms with Crippen molar-refractivity contribution in [3.63, 3.8) is 0 Å². The molecule has 0 radical (unpaired) electrons. The van der Waals surface area contributed by atoms with Crippen LogP contribution in [0, 0.1) is 6.92 Å². The molecule has 0 bridgehead atoms. The van der Waals surface area contributed by atoms with Crippen molar-refractivity contribution in [1.29, 1.82) is 0 Å². The molecule has 8 nitrogen and oxygen atoms in total.